The number of nitrogens with one attached hydrogen (secondary N) is 1. The van der Waals surface area contributed by atoms with Crippen LogP contribution in [0.4, 0.5) is 11.5 Å². The zero-order chi connectivity index (χ0) is 13.1. The number of anilines is 1. The van der Waals surface area contributed by atoms with E-state index in [-0.39, 0.29) is 10.6 Å². The van der Waals surface area contributed by atoms with Crippen molar-refractivity contribution in [2.75, 3.05) is 11.9 Å². The summed E-state index contributed by atoms with van der Waals surface area (Å²) in [4.78, 5) is 10.8. The highest BCUT2D eigenvalue weighted by Crippen LogP contribution is 2.30. The number of nitro groups is 1. The lowest BCUT2D eigenvalue weighted by atomic mass is 10.1. The predicted molar refractivity (Wildman–Crippen MR) is 69.7 cm³/mol. The van der Waals surface area contributed by atoms with Gasteiger partial charge in [-0.2, -0.15) is 5.10 Å². The zero-order valence-electron chi connectivity index (χ0n) is 11.0. The van der Waals surface area contributed by atoms with Crippen LogP contribution in [0.25, 0.3) is 0 Å². The second-order valence-corrected chi connectivity index (χ2v) is 4.91. The molecule has 1 aliphatic rings. The van der Waals surface area contributed by atoms with Crippen molar-refractivity contribution in [1.29, 1.82) is 0 Å². The maximum Gasteiger partial charge on any atom is 0.333 e. The first-order valence-electron chi connectivity index (χ1n) is 6.57. The molecule has 18 heavy (non-hydrogen) atoms. The molecule has 0 unspecified atom stereocenters. The van der Waals surface area contributed by atoms with E-state index >= 15 is 0 Å². The Kier molecular flexibility index (Phi) is 3.84. The molecule has 1 N–H and O–H groups in total. The Morgan fingerprint density at radius 1 is 1.50 bits per heavy atom. The summed E-state index contributed by atoms with van der Waals surface area (Å²) < 4.78 is 1.59. The minimum Gasteiger partial charge on any atom is -0.364 e. The van der Waals surface area contributed by atoms with Crippen LogP contribution >= 0.6 is 0 Å². The summed E-state index contributed by atoms with van der Waals surface area (Å²) in [5, 5.41) is 18.5. The van der Waals surface area contributed by atoms with Crippen molar-refractivity contribution in [2.45, 2.75) is 39.0 Å². The number of nitrogens with zero attached hydrogens (tertiary/aromatic N) is 3. The lowest BCUT2D eigenvalue weighted by Gasteiger charge is -2.11. The van der Waals surface area contributed by atoms with Crippen LogP contribution in [-0.2, 0) is 13.5 Å². The Bertz CT molecular complexity index is 436. The van der Waals surface area contributed by atoms with Gasteiger partial charge >= 0.3 is 5.69 Å². The number of aromatic nitrogens is 2. The molecule has 0 atom stereocenters. The second kappa shape index (κ2) is 5.37. The van der Waals surface area contributed by atoms with Crippen LogP contribution in [0.1, 0.15) is 38.3 Å². The summed E-state index contributed by atoms with van der Waals surface area (Å²) in [7, 11) is 1.75. The summed E-state index contributed by atoms with van der Waals surface area (Å²) in [6.45, 7) is 2.69. The first-order valence-corrected chi connectivity index (χ1v) is 6.57. The molecule has 0 aliphatic heterocycles. The largest absolute Gasteiger partial charge is 0.364 e. The van der Waals surface area contributed by atoms with E-state index in [1.807, 2.05) is 6.92 Å². The highest BCUT2D eigenvalue weighted by atomic mass is 16.6. The minimum absolute atomic E-state index is 0.137. The van der Waals surface area contributed by atoms with Crippen molar-refractivity contribution in [3.8, 4) is 0 Å². The smallest absolute Gasteiger partial charge is 0.333 e. The molecule has 1 aromatic heterocycles. The Labute approximate surface area is 107 Å². The highest BCUT2D eigenvalue weighted by Gasteiger charge is 2.26. The molecular weight excluding hydrogens is 232 g/mol. The van der Waals surface area contributed by atoms with Gasteiger partial charge < -0.3 is 5.32 Å². The Balaban J connectivity index is 2.14. The van der Waals surface area contributed by atoms with Gasteiger partial charge in [-0.3, -0.25) is 10.1 Å². The second-order valence-electron chi connectivity index (χ2n) is 4.91. The van der Waals surface area contributed by atoms with Crippen LogP contribution in [0.5, 0.6) is 0 Å². The molecule has 0 radical (unpaired) electrons. The Morgan fingerprint density at radius 3 is 2.72 bits per heavy atom. The van der Waals surface area contributed by atoms with Crippen LogP contribution in [-0.4, -0.2) is 21.2 Å². The van der Waals surface area contributed by atoms with E-state index in [0.717, 1.165) is 6.54 Å². The van der Waals surface area contributed by atoms with Crippen LogP contribution < -0.4 is 5.32 Å². The van der Waals surface area contributed by atoms with E-state index < -0.39 is 0 Å². The Hall–Kier alpha value is -1.59. The summed E-state index contributed by atoms with van der Waals surface area (Å²) in [6.07, 6.45) is 5.58. The first-order chi connectivity index (χ1) is 8.63. The van der Waals surface area contributed by atoms with Gasteiger partial charge in [0, 0.05) is 13.6 Å². The number of rotatable bonds is 5. The molecule has 1 aromatic rings. The van der Waals surface area contributed by atoms with E-state index in [0.29, 0.717) is 23.9 Å². The van der Waals surface area contributed by atoms with Crippen molar-refractivity contribution < 1.29 is 4.92 Å². The minimum atomic E-state index is -0.331. The number of aryl methyl sites for hydroxylation is 2. The third-order valence-electron chi connectivity index (χ3n) is 3.64. The summed E-state index contributed by atoms with van der Waals surface area (Å²) in [6, 6.07) is 0. The zero-order valence-corrected chi connectivity index (χ0v) is 11.0. The topological polar surface area (TPSA) is 73.0 Å². The van der Waals surface area contributed by atoms with Crippen molar-refractivity contribution in [1.82, 2.24) is 9.78 Å². The first kappa shape index (κ1) is 12.9. The van der Waals surface area contributed by atoms with E-state index in [1.165, 1.54) is 25.7 Å². The standard InChI is InChI=1S/C12H20N4O2/c1-3-10-11(16(17)18)12(15(2)14-10)13-8-9-6-4-5-7-9/h9,13H,3-8H2,1-2H3. The fourth-order valence-corrected chi connectivity index (χ4v) is 2.65. The van der Waals surface area contributed by atoms with Gasteiger partial charge in [0.05, 0.1) is 4.92 Å². The van der Waals surface area contributed by atoms with Crippen LogP contribution in [0, 0.1) is 16.0 Å². The SMILES string of the molecule is CCc1nn(C)c(NCC2CCCC2)c1[N+](=O)[O-]. The van der Waals surface area contributed by atoms with Crippen molar-refractivity contribution >= 4 is 11.5 Å². The van der Waals surface area contributed by atoms with Gasteiger partial charge in [-0.15, -0.1) is 0 Å². The van der Waals surface area contributed by atoms with Gasteiger partial charge in [-0.1, -0.05) is 19.8 Å². The van der Waals surface area contributed by atoms with Gasteiger partial charge in [0.2, 0.25) is 5.82 Å². The molecule has 2 rings (SSSR count). The molecule has 0 aromatic carbocycles. The molecule has 0 saturated heterocycles. The molecule has 0 spiro atoms. The van der Waals surface area contributed by atoms with Crippen LogP contribution in [0.3, 0.4) is 0 Å². The van der Waals surface area contributed by atoms with Crippen molar-refractivity contribution in [2.24, 2.45) is 13.0 Å². The van der Waals surface area contributed by atoms with Gasteiger partial charge in [0.1, 0.15) is 5.69 Å². The van der Waals surface area contributed by atoms with E-state index in [4.69, 9.17) is 0 Å². The fraction of sp³-hybridized carbons (Fsp3) is 0.750. The third-order valence-corrected chi connectivity index (χ3v) is 3.64. The Morgan fingerprint density at radius 2 is 2.17 bits per heavy atom. The fourth-order valence-electron chi connectivity index (χ4n) is 2.65. The average Bonchev–Trinajstić information content (AvgIpc) is 2.93. The van der Waals surface area contributed by atoms with Crippen molar-refractivity contribution in [3.63, 3.8) is 0 Å². The van der Waals surface area contributed by atoms with Gasteiger partial charge in [-0.05, 0) is 25.2 Å². The van der Waals surface area contributed by atoms with Crippen LogP contribution in [0.15, 0.2) is 0 Å². The van der Waals surface area contributed by atoms with Gasteiger partial charge in [-0.25, -0.2) is 4.68 Å². The summed E-state index contributed by atoms with van der Waals surface area (Å²) in [5.74, 6) is 1.19. The quantitative estimate of drug-likeness (QED) is 0.645. The molecule has 1 aliphatic carbocycles. The molecule has 1 fully saturated rings. The molecule has 1 saturated carbocycles. The van der Waals surface area contributed by atoms with E-state index in [1.54, 1.807) is 11.7 Å². The number of hydrogen-bond acceptors (Lipinski definition) is 4. The molecule has 100 valence electrons. The third kappa shape index (κ3) is 2.47. The van der Waals surface area contributed by atoms with Gasteiger partial charge in [0.25, 0.3) is 0 Å². The maximum absolute atomic E-state index is 11.1. The highest BCUT2D eigenvalue weighted by molar-refractivity contribution is 5.59. The molecule has 0 amide bonds. The lowest BCUT2D eigenvalue weighted by Crippen LogP contribution is -2.14. The van der Waals surface area contributed by atoms with Gasteiger partial charge in [0.15, 0.2) is 0 Å². The lowest BCUT2D eigenvalue weighted by molar-refractivity contribution is -0.384. The monoisotopic (exact) mass is 252 g/mol. The van der Waals surface area contributed by atoms with E-state index in [9.17, 15) is 10.1 Å². The molecule has 6 heteroatoms. The maximum atomic E-state index is 11.1. The average molecular weight is 252 g/mol. The normalized spacial score (nSPS) is 16.1. The molecule has 1 heterocycles. The van der Waals surface area contributed by atoms with Crippen LogP contribution in [0.2, 0.25) is 0 Å². The predicted octanol–water partition coefficient (Wildman–Crippen LogP) is 2.49. The summed E-state index contributed by atoms with van der Waals surface area (Å²) in [5.41, 5.74) is 0.689. The molecule has 6 nitrogen and oxygen atoms in total. The molecular formula is C12H20N4O2. The number of hydrogen-bond donors (Lipinski definition) is 1. The van der Waals surface area contributed by atoms with Crippen molar-refractivity contribution in [3.05, 3.63) is 15.8 Å². The summed E-state index contributed by atoms with van der Waals surface area (Å²) >= 11 is 0. The van der Waals surface area contributed by atoms with E-state index in [2.05, 4.69) is 10.4 Å². The molecule has 0 bridgehead atoms.